The Morgan fingerprint density at radius 1 is 0.700 bits per heavy atom. The molecule has 0 unspecified atom stereocenters. The Hall–Kier alpha value is -0.0800. The van der Waals surface area contributed by atoms with Crippen LogP contribution in [0.5, 0.6) is 0 Å². The van der Waals surface area contributed by atoms with E-state index in [2.05, 4.69) is 4.90 Å². The predicted molar refractivity (Wildman–Crippen MR) is 83.8 cm³/mol. The van der Waals surface area contributed by atoms with Crippen molar-refractivity contribution in [1.82, 2.24) is 4.90 Å². The molecule has 20 heavy (non-hydrogen) atoms. The molecule has 0 amide bonds. The summed E-state index contributed by atoms with van der Waals surface area (Å²) in [4.78, 5) is 2.68. The number of aliphatic hydroxyl groups excluding tert-OH is 1. The summed E-state index contributed by atoms with van der Waals surface area (Å²) >= 11 is 0. The fraction of sp³-hybridized carbons (Fsp3) is 1.00. The molecule has 2 nitrogen and oxygen atoms in total. The zero-order chi connectivity index (χ0) is 13.9. The van der Waals surface area contributed by atoms with Crippen LogP contribution in [-0.2, 0) is 0 Å². The molecule has 0 radical (unpaired) electrons. The van der Waals surface area contributed by atoms with Crippen molar-refractivity contribution in [3.8, 4) is 0 Å². The van der Waals surface area contributed by atoms with Crippen molar-refractivity contribution in [3.63, 3.8) is 0 Å². The van der Waals surface area contributed by atoms with Crippen LogP contribution in [0.3, 0.4) is 0 Å². The van der Waals surface area contributed by atoms with E-state index in [4.69, 9.17) is 0 Å². The molecule has 0 atom stereocenters. The van der Waals surface area contributed by atoms with Crippen molar-refractivity contribution in [2.75, 3.05) is 26.2 Å². The molecule has 0 aromatic carbocycles. The highest BCUT2D eigenvalue weighted by molar-refractivity contribution is 4.91. The normalized spacial score (nSPS) is 30.4. The van der Waals surface area contributed by atoms with Crippen molar-refractivity contribution >= 4 is 0 Å². The summed E-state index contributed by atoms with van der Waals surface area (Å²) in [5, 5.41) is 9.89. The van der Waals surface area contributed by atoms with Crippen LogP contribution < -0.4 is 0 Å². The highest BCUT2D eigenvalue weighted by Crippen LogP contribution is 2.45. The molecule has 3 fully saturated rings. The molecule has 116 valence electrons. The van der Waals surface area contributed by atoms with E-state index in [0.717, 1.165) is 0 Å². The number of hydrogen-bond acceptors (Lipinski definition) is 2. The topological polar surface area (TPSA) is 23.5 Å². The molecule has 3 aliphatic rings. The number of nitrogens with zero attached hydrogens (tertiary/aromatic N) is 1. The van der Waals surface area contributed by atoms with Crippen LogP contribution in [0.25, 0.3) is 0 Å². The van der Waals surface area contributed by atoms with Crippen LogP contribution in [0.4, 0.5) is 0 Å². The first-order chi connectivity index (χ1) is 9.76. The quantitative estimate of drug-likeness (QED) is 0.845. The van der Waals surface area contributed by atoms with Gasteiger partial charge >= 0.3 is 0 Å². The van der Waals surface area contributed by atoms with Crippen molar-refractivity contribution in [2.45, 2.75) is 77.0 Å². The first-order valence-corrected chi connectivity index (χ1v) is 9.09. The van der Waals surface area contributed by atoms with Crippen molar-refractivity contribution in [3.05, 3.63) is 0 Å². The summed E-state index contributed by atoms with van der Waals surface area (Å²) in [6.45, 7) is 4.16. The maximum absolute atomic E-state index is 9.89. The highest BCUT2D eigenvalue weighted by atomic mass is 16.3. The van der Waals surface area contributed by atoms with Gasteiger partial charge in [-0.15, -0.1) is 0 Å². The Bertz CT molecular complexity index is 293. The van der Waals surface area contributed by atoms with E-state index in [1.54, 1.807) is 0 Å². The van der Waals surface area contributed by atoms with Crippen molar-refractivity contribution < 1.29 is 5.11 Å². The minimum absolute atomic E-state index is 0.245. The first-order valence-electron chi connectivity index (χ1n) is 9.09. The molecule has 0 bridgehead atoms. The molecule has 1 N–H and O–H groups in total. The van der Waals surface area contributed by atoms with Crippen LogP contribution in [-0.4, -0.2) is 36.2 Å². The maximum Gasteiger partial charge on any atom is 0.0499 e. The van der Waals surface area contributed by atoms with Crippen LogP contribution in [0, 0.1) is 10.8 Å². The molecule has 2 heteroatoms. The average molecular weight is 279 g/mol. The van der Waals surface area contributed by atoms with E-state index in [1.807, 2.05) is 0 Å². The first kappa shape index (κ1) is 14.8. The molecular formula is C18H33NO. The van der Waals surface area contributed by atoms with Gasteiger partial charge in [0, 0.05) is 18.6 Å². The Morgan fingerprint density at radius 2 is 1.25 bits per heavy atom. The summed E-state index contributed by atoms with van der Waals surface area (Å²) in [7, 11) is 0. The zero-order valence-corrected chi connectivity index (χ0v) is 13.2. The van der Waals surface area contributed by atoms with Crippen LogP contribution in [0.1, 0.15) is 77.0 Å². The fourth-order valence-electron chi connectivity index (χ4n) is 5.13. The van der Waals surface area contributed by atoms with Gasteiger partial charge in [0.1, 0.15) is 0 Å². The highest BCUT2D eigenvalue weighted by Gasteiger charge is 2.38. The zero-order valence-electron chi connectivity index (χ0n) is 13.2. The third-order valence-corrected chi connectivity index (χ3v) is 6.64. The number of hydrogen-bond donors (Lipinski definition) is 1. The third-order valence-electron chi connectivity index (χ3n) is 6.64. The van der Waals surface area contributed by atoms with Gasteiger partial charge in [-0.2, -0.15) is 0 Å². The van der Waals surface area contributed by atoms with E-state index < -0.39 is 0 Å². The maximum atomic E-state index is 9.89. The standard InChI is InChI=1S/C18H33NO/c20-16-18(9-5-2-6-10-18)15-19-13-11-17(12-14-19)7-3-1-4-8-17/h20H,1-16H2. The molecule has 1 aliphatic heterocycles. The smallest absolute Gasteiger partial charge is 0.0499 e. The van der Waals surface area contributed by atoms with Crippen LogP contribution >= 0.6 is 0 Å². The number of likely N-dealkylation sites (tertiary alicyclic amines) is 1. The lowest BCUT2D eigenvalue weighted by Crippen LogP contribution is -2.47. The van der Waals surface area contributed by atoms with E-state index in [-0.39, 0.29) is 5.41 Å². The lowest BCUT2D eigenvalue weighted by atomic mass is 9.67. The second kappa shape index (κ2) is 6.36. The largest absolute Gasteiger partial charge is 0.396 e. The number of aliphatic hydroxyl groups is 1. The van der Waals surface area contributed by atoms with Gasteiger partial charge in [0.25, 0.3) is 0 Å². The SMILES string of the molecule is OCC1(CN2CCC3(CCCCC3)CC2)CCCCC1. The van der Waals surface area contributed by atoms with Crippen molar-refractivity contribution in [1.29, 1.82) is 0 Å². The molecule has 1 saturated heterocycles. The van der Waals surface area contributed by atoms with Crippen LogP contribution in [0.2, 0.25) is 0 Å². The number of rotatable bonds is 3. The Balaban J connectivity index is 1.52. The van der Waals surface area contributed by atoms with E-state index >= 15 is 0 Å². The summed E-state index contributed by atoms with van der Waals surface area (Å²) in [6, 6.07) is 0. The monoisotopic (exact) mass is 279 g/mol. The lowest BCUT2D eigenvalue weighted by Gasteiger charge is -2.47. The van der Waals surface area contributed by atoms with Gasteiger partial charge in [-0.25, -0.2) is 0 Å². The van der Waals surface area contributed by atoms with Gasteiger partial charge in [-0.05, 0) is 57.0 Å². The average Bonchev–Trinajstić information content (AvgIpc) is 2.52. The van der Waals surface area contributed by atoms with Crippen LogP contribution in [0.15, 0.2) is 0 Å². The summed E-state index contributed by atoms with van der Waals surface area (Å²) in [6.07, 6.45) is 16.8. The van der Waals surface area contributed by atoms with Gasteiger partial charge in [-0.1, -0.05) is 38.5 Å². The van der Waals surface area contributed by atoms with E-state index in [1.165, 1.54) is 96.7 Å². The summed E-state index contributed by atoms with van der Waals surface area (Å²) < 4.78 is 0. The summed E-state index contributed by atoms with van der Waals surface area (Å²) in [5.74, 6) is 0. The molecule has 1 spiro atoms. The fourth-order valence-corrected chi connectivity index (χ4v) is 5.13. The van der Waals surface area contributed by atoms with Gasteiger partial charge in [0.15, 0.2) is 0 Å². The van der Waals surface area contributed by atoms with E-state index in [0.29, 0.717) is 12.0 Å². The second-order valence-corrected chi connectivity index (χ2v) is 8.06. The number of piperidine rings is 1. The lowest BCUT2D eigenvalue weighted by molar-refractivity contribution is 0.00468. The second-order valence-electron chi connectivity index (χ2n) is 8.06. The molecule has 0 aromatic rings. The van der Waals surface area contributed by atoms with Gasteiger partial charge < -0.3 is 10.0 Å². The minimum atomic E-state index is 0.245. The Kier molecular flexibility index (Phi) is 4.72. The third kappa shape index (κ3) is 3.22. The molecule has 3 rings (SSSR count). The molecule has 2 aliphatic carbocycles. The summed E-state index contributed by atoms with van der Waals surface area (Å²) in [5.41, 5.74) is 0.961. The Morgan fingerprint density at radius 3 is 1.80 bits per heavy atom. The minimum Gasteiger partial charge on any atom is -0.396 e. The predicted octanol–water partition coefficient (Wildman–Crippen LogP) is 3.98. The van der Waals surface area contributed by atoms with Gasteiger partial charge in [-0.3, -0.25) is 0 Å². The molecule has 2 saturated carbocycles. The molecule has 0 aromatic heterocycles. The molecular weight excluding hydrogens is 246 g/mol. The Labute approximate surface area is 124 Å². The van der Waals surface area contributed by atoms with Gasteiger partial charge in [0.2, 0.25) is 0 Å². The van der Waals surface area contributed by atoms with Crippen molar-refractivity contribution in [2.24, 2.45) is 10.8 Å². The van der Waals surface area contributed by atoms with Gasteiger partial charge in [0.05, 0.1) is 0 Å². The van der Waals surface area contributed by atoms with E-state index in [9.17, 15) is 5.11 Å². The molecule has 1 heterocycles.